The third-order valence-electron chi connectivity index (χ3n) is 3.40. The molecule has 1 N–H and O–H groups in total. The molecule has 2 unspecified atom stereocenters. The van der Waals surface area contributed by atoms with Crippen molar-refractivity contribution in [3.05, 3.63) is 0 Å². The molecule has 2 aliphatic heterocycles. The lowest BCUT2D eigenvalue weighted by Crippen LogP contribution is -2.51. The third-order valence-corrected chi connectivity index (χ3v) is 3.40. The molecule has 2 saturated heterocycles. The second-order valence-corrected chi connectivity index (χ2v) is 4.69. The van der Waals surface area contributed by atoms with E-state index in [9.17, 15) is 0 Å². The van der Waals surface area contributed by atoms with Gasteiger partial charge in [0.15, 0.2) is 0 Å². The molecule has 2 rings (SSSR count). The number of nitrogens with one attached hydrogen (secondary N) is 1. The number of rotatable bonds is 2. The summed E-state index contributed by atoms with van der Waals surface area (Å²) in [5.41, 5.74) is 0. The normalized spacial score (nSPS) is 40.3. The predicted molar refractivity (Wildman–Crippen MR) is 57.5 cm³/mol. The molecule has 3 atom stereocenters. The topological polar surface area (TPSA) is 24.5 Å². The van der Waals surface area contributed by atoms with E-state index in [4.69, 9.17) is 4.74 Å². The Hall–Kier alpha value is -0.120. The summed E-state index contributed by atoms with van der Waals surface area (Å²) in [6.07, 6.45) is 3.46. The van der Waals surface area contributed by atoms with Crippen LogP contribution < -0.4 is 5.32 Å². The van der Waals surface area contributed by atoms with Crippen molar-refractivity contribution < 1.29 is 4.74 Å². The van der Waals surface area contributed by atoms with E-state index in [1.54, 1.807) is 0 Å². The quantitative estimate of drug-likeness (QED) is 0.712. The highest BCUT2D eigenvalue weighted by atomic mass is 16.5. The Labute approximate surface area is 86.8 Å². The Morgan fingerprint density at radius 2 is 2.21 bits per heavy atom. The molecule has 82 valence electrons. The van der Waals surface area contributed by atoms with Crippen molar-refractivity contribution in [1.82, 2.24) is 10.2 Å². The summed E-state index contributed by atoms with van der Waals surface area (Å²) in [4.78, 5) is 2.55. The maximum absolute atomic E-state index is 5.85. The number of piperazine rings is 1. The summed E-state index contributed by atoms with van der Waals surface area (Å²) < 4.78 is 5.85. The molecule has 0 aliphatic carbocycles. The lowest BCUT2D eigenvalue weighted by atomic mass is 10.1. The zero-order chi connectivity index (χ0) is 9.97. The molecular weight excluding hydrogens is 176 g/mol. The summed E-state index contributed by atoms with van der Waals surface area (Å²) in [5, 5.41) is 3.42. The number of nitrogens with zero attached hydrogens (tertiary/aromatic N) is 1. The van der Waals surface area contributed by atoms with Crippen molar-refractivity contribution in [2.24, 2.45) is 0 Å². The van der Waals surface area contributed by atoms with E-state index in [0.29, 0.717) is 18.2 Å². The molecule has 0 spiro atoms. The standard InChI is InChI=1S/C11H22N2O/c1-9-7-12-5-6-13(9)8-11-4-3-10(2)14-11/h9-12H,3-8H2,1-2H3/t9-,10?,11?/m1/s1. The van der Waals surface area contributed by atoms with Crippen LogP contribution in [0.1, 0.15) is 26.7 Å². The zero-order valence-electron chi connectivity index (χ0n) is 9.33. The predicted octanol–water partition coefficient (Wildman–Crippen LogP) is 0.848. The molecule has 0 aromatic rings. The minimum atomic E-state index is 0.484. The van der Waals surface area contributed by atoms with Gasteiger partial charge in [0.05, 0.1) is 12.2 Å². The molecule has 0 amide bonds. The second kappa shape index (κ2) is 4.60. The first-order valence-corrected chi connectivity index (χ1v) is 5.86. The number of ether oxygens (including phenoxy) is 1. The first kappa shape index (κ1) is 10.4. The van der Waals surface area contributed by atoms with Crippen molar-refractivity contribution in [2.75, 3.05) is 26.2 Å². The van der Waals surface area contributed by atoms with Crippen LogP contribution in [-0.2, 0) is 4.74 Å². The second-order valence-electron chi connectivity index (χ2n) is 4.69. The van der Waals surface area contributed by atoms with Gasteiger partial charge in [0.1, 0.15) is 0 Å². The smallest absolute Gasteiger partial charge is 0.0706 e. The van der Waals surface area contributed by atoms with E-state index in [2.05, 4.69) is 24.1 Å². The minimum Gasteiger partial charge on any atom is -0.374 e. The van der Waals surface area contributed by atoms with E-state index >= 15 is 0 Å². The van der Waals surface area contributed by atoms with E-state index < -0.39 is 0 Å². The molecule has 0 radical (unpaired) electrons. The van der Waals surface area contributed by atoms with Gasteiger partial charge in [-0.05, 0) is 26.7 Å². The number of hydrogen-bond acceptors (Lipinski definition) is 3. The van der Waals surface area contributed by atoms with Gasteiger partial charge in [-0.2, -0.15) is 0 Å². The maximum atomic E-state index is 5.85. The summed E-state index contributed by atoms with van der Waals surface area (Å²) in [6, 6.07) is 0.670. The molecule has 3 nitrogen and oxygen atoms in total. The molecule has 2 heterocycles. The summed E-state index contributed by atoms with van der Waals surface area (Å²) in [6.45, 7) is 9.04. The van der Waals surface area contributed by atoms with E-state index in [0.717, 1.165) is 19.6 Å². The first-order valence-electron chi connectivity index (χ1n) is 5.86. The molecule has 3 heteroatoms. The molecule has 2 fully saturated rings. The van der Waals surface area contributed by atoms with Crippen LogP contribution in [0.3, 0.4) is 0 Å². The van der Waals surface area contributed by atoms with E-state index in [1.807, 2.05) is 0 Å². The van der Waals surface area contributed by atoms with Crippen LogP contribution in [0.4, 0.5) is 0 Å². The summed E-state index contributed by atoms with van der Waals surface area (Å²) >= 11 is 0. The van der Waals surface area contributed by atoms with Crippen molar-refractivity contribution in [3.8, 4) is 0 Å². The largest absolute Gasteiger partial charge is 0.374 e. The van der Waals surface area contributed by atoms with Gasteiger partial charge in [0, 0.05) is 32.2 Å². The van der Waals surface area contributed by atoms with Gasteiger partial charge in [-0.1, -0.05) is 0 Å². The van der Waals surface area contributed by atoms with Gasteiger partial charge in [-0.15, -0.1) is 0 Å². The third kappa shape index (κ3) is 2.47. The number of hydrogen-bond donors (Lipinski definition) is 1. The Morgan fingerprint density at radius 3 is 2.86 bits per heavy atom. The highest BCUT2D eigenvalue weighted by Crippen LogP contribution is 2.20. The van der Waals surface area contributed by atoms with Crippen molar-refractivity contribution in [3.63, 3.8) is 0 Å². The molecule has 0 saturated carbocycles. The Bertz CT molecular complexity index is 186. The lowest BCUT2D eigenvalue weighted by Gasteiger charge is -2.35. The van der Waals surface area contributed by atoms with E-state index in [-0.39, 0.29) is 0 Å². The SMILES string of the molecule is CC1CCC(CN2CCNC[C@H]2C)O1. The molecule has 14 heavy (non-hydrogen) atoms. The van der Waals surface area contributed by atoms with Gasteiger partial charge in [-0.3, -0.25) is 4.90 Å². The fourth-order valence-corrected chi connectivity index (χ4v) is 2.44. The van der Waals surface area contributed by atoms with Gasteiger partial charge in [-0.25, -0.2) is 0 Å². The summed E-state index contributed by atoms with van der Waals surface area (Å²) in [5.74, 6) is 0. The zero-order valence-corrected chi connectivity index (χ0v) is 9.33. The van der Waals surface area contributed by atoms with Crippen LogP contribution in [0.2, 0.25) is 0 Å². The average Bonchev–Trinajstić information content (AvgIpc) is 2.56. The molecule has 0 aromatic carbocycles. The molecule has 0 bridgehead atoms. The van der Waals surface area contributed by atoms with Gasteiger partial charge in [0.25, 0.3) is 0 Å². The van der Waals surface area contributed by atoms with Crippen LogP contribution in [0.15, 0.2) is 0 Å². The fourth-order valence-electron chi connectivity index (χ4n) is 2.44. The van der Waals surface area contributed by atoms with Crippen molar-refractivity contribution in [1.29, 1.82) is 0 Å². The van der Waals surface area contributed by atoms with Crippen LogP contribution >= 0.6 is 0 Å². The lowest BCUT2D eigenvalue weighted by molar-refractivity contribution is 0.0188. The fraction of sp³-hybridized carbons (Fsp3) is 1.00. The Morgan fingerprint density at radius 1 is 1.36 bits per heavy atom. The minimum absolute atomic E-state index is 0.484. The van der Waals surface area contributed by atoms with E-state index in [1.165, 1.54) is 19.4 Å². The maximum Gasteiger partial charge on any atom is 0.0706 e. The van der Waals surface area contributed by atoms with Crippen LogP contribution in [-0.4, -0.2) is 49.3 Å². The van der Waals surface area contributed by atoms with Crippen LogP contribution in [0.25, 0.3) is 0 Å². The molecule has 2 aliphatic rings. The Balaban J connectivity index is 1.78. The monoisotopic (exact) mass is 198 g/mol. The Kier molecular flexibility index (Phi) is 3.42. The van der Waals surface area contributed by atoms with Gasteiger partial charge >= 0.3 is 0 Å². The van der Waals surface area contributed by atoms with Gasteiger partial charge in [0.2, 0.25) is 0 Å². The highest BCUT2D eigenvalue weighted by Gasteiger charge is 2.26. The highest BCUT2D eigenvalue weighted by molar-refractivity contribution is 4.81. The van der Waals surface area contributed by atoms with Gasteiger partial charge < -0.3 is 10.1 Å². The van der Waals surface area contributed by atoms with Crippen LogP contribution in [0, 0.1) is 0 Å². The molecule has 0 aromatic heterocycles. The van der Waals surface area contributed by atoms with Crippen molar-refractivity contribution in [2.45, 2.75) is 44.9 Å². The first-order chi connectivity index (χ1) is 6.75. The van der Waals surface area contributed by atoms with Crippen LogP contribution in [0.5, 0.6) is 0 Å². The molecular formula is C11H22N2O. The van der Waals surface area contributed by atoms with Crippen molar-refractivity contribution >= 4 is 0 Å². The summed E-state index contributed by atoms with van der Waals surface area (Å²) in [7, 11) is 0. The average molecular weight is 198 g/mol.